The van der Waals surface area contributed by atoms with E-state index in [0.29, 0.717) is 66.1 Å². The third-order valence-electron chi connectivity index (χ3n) is 15.3. The molecule has 0 bridgehead atoms. The van der Waals surface area contributed by atoms with Gasteiger partial charge < -0.3 is 9.13 Å². The summed E-state index contributed by atoms with van der Waals surface area (Å²) in [7, 11) is 0. The van der Waals surface area contributed by atoms with Gasteiger partial charge in [-0.05, 0) is 153 Å². The molecule has 0 unspecified atom stereocenters. The molecule has 0 radical (unpaired) electrons. The summed E-state index contributed by atoms with van der Waals surface area (Å²) in [5.41, 5.74) is 2.25. The van der Waals surface area contributed by atoms with Crippen LogP contribution in [0.15, 0.2) is 182 Å². The summed E-state index contributed by atoms with van der Waals surface area (Å²) < 4.78 is 98.1. The minimum Gasteiger partial charge on any atom is -0.309 e. The van der Waals surface area contributed by atoms with Crippen molar-refractivity contribution in [2.24, 2.45) is 0 Å². The lowest BCUT2D eigenvalue weighted by Crippen LogP contribution is -2.12. The lowest BCUT2D eigenvalue weighted by molar-refractivity contribution is -0.138. The topological polar surface area (TPSA) is 200 Å². The van der Waals surface area contributed by atoms with Crippen molar-refractivity contribution in [1.29, 1.82) is 42.1 Å². The molecule has 2 heterocycles. The molecule has 0 aliphatic rings. The standard InChI is InChI=1S/C70H30F6N10/c71-69(72,73)61-19-9-43(25-67(61)85-63-27-45(53-11-1-39(31-77)21-49(53)35-81)5-15-57(63)58-16-6-46(28-64(58)85)54-12-2-40(32-78)22-50(54)36-82)44-10-20-62(70(74,75)76)68(26-44)86-65-29-47(55-13-3-41(33-79)23-51(55)37-83)7-17-59(65)60-18-8-48(30-66(60)86)56-14-4-42(34-80)24-52(56)38-84/h1-30H. The molecule has 86 heavy (non-hydrogen) atoms. The minimum atomic E-state index is -5.04. The van der Waals surface area contributed by atoms with E-state index in [0.717, 1.165) is 12.1 Å². The Labute approximate surface area is 484 Å². The van der Waals surface area contributed by atoms with Crippen LogP contribution in [-0.2, 0) is 12.4 Å². The summed E-state index contributed by atoms with van der Waals surface area (Å²) >= 11 is 0. The van der Waals surface area contributed by atoms with Gasteiger partial charge in [-0.1, -0.05) is 84.9 Å². The summed E-state index contributed by atoms with van der Waals surface area (Å²) in [5, 5.41) is 81.4. The molecule has 10 aromatic carbocycles. The normalized spacial score (nSPS) is 11.3. The van der Waals surface area contributed by atoms with Crippen molar-refractivity contribution in [3.63, 3.8) is 0 Å². The molecule has 0 saturated heterocycles. The van der Waals surface area contributed by atoms with E-state index in [9.17, 15) is 42.1 Å². The summed E-state index contributed by atoms with van der Waals surface area (Å²) in [6, 6.07) is 60.8. The van der Waals surface area contributed by atoms with Crippen LogP contribution in [-0.4, -0.2) is 9.13 Å². The zero-order chi connectivity index (χ0) is 60.3. The van der Waals surface area contributed by atoms with Gasteiger partial charge in [-0.3, -0.25) is 0 Å². The smallest absolute Gasteiger partial charge is 0.309 e. The molecule has 0 saturated carbocycles. The van der Waals surface area contributed by atoms with Gasteiger partial charge in [0, 0.05) is 21.5 Å². The van der Waals surface area contributed by atoms with Gasteiger partial charge in [0.2, 0.25) is 0 Å². The van der Waals surface area contributed by atoms with Crippen LogP contribution in [0.4, 0.5) is 26.3 Å². The Morgan fingerprint density at radius 1 is 0.256 bits per heavy atom. The second-order valence-electron chi connectivity index (χ2n) is 20.0. The first-order valence-electron chi connectivity index (χ1n) is 25.9. The highest BCUT2D eigenvalue weighted by Gasteiger charge is 2.37. The Hall–Kier alpha value is -12.7. The van der Waals surface area contributed by atoms with Gasteiger partial charge >= 0.3 is 12.4 Å². The SMILES string of the molecule is N#Cc1ccc(-c2ccc3c4ccc(-c5ccc(C#N)cc5C#N)cc4n(-c4cc(-c5ccc(C(F)(F)F)c(-n6c7cc(-c8ccc(C#N)cc8C#N)ccc7c7ccc(-c8ccc(C#N)cc8C#N)cc76)c5)ccc4C(F)(F)F)c3c2)c(C#N)c1. The molecule has 0 N–H and O–H groups in total. The van der Waals surface area contributed by atoms with Gasteiger partial charge in [-0.2, -0.15) is 68.4 Å². The van der Waals surface area contributed by atoms with Gasteiger partial charge in [0.25, 0.3) is 0 Å². The van der Waals surface area contributed by atoms with Crippen LogP contribution in [0.5, 0.6) is 0 Å². The Morgan fingerprint density at radius 3 is 0.721 bits per heavy atom. The number of benzene rings is 10. The summed E-state index contributed by atoms with van der Waals surface area (Å²) in [5.74, 6) is 0. The van der Waals surface area contributed by atoms with Gasteiger partial charge in [-0.15, -0.1) is 0 Å². The highest BCUT2D eigenvalue weighted by atomic mass is 19.4. The highest BCUT2D eigenvalue weighted by molar-refractivity contribution is 6.13. The van der Waals surface area contributed by atoms with E-state index in [4.69, 9.17) is 0 Å². The predicted molar refractivity (Wildman–Crippen MR) is 310 cm³/mol. The van der Waals surface area contributed by atoms with Crippen molar-refractivity contribution in [2.75, 3.05) is 0 Å². The first-order valence-corrected chi connectivity index (χ1v) is 25.9. The second-order valence-corrected chi connectivity index (χ2v) is 20.0. The number of hydrogen-bond acceptors (Lipinski definition) is 8. The molecule has 0 aliphatic heterocycles. The molecular weight excluding hydrogens is 1090 g/mol. The van der Waals surface area contributed by atoms with E-state index in [1.54, 1.807) is 97.1 Å². The van der Waals surface area contributed by atoms with Crippen LogP contribution < -0.4 is 0 Å². The Kier molecular flexibility index (Phi) is 13.0. The third kappa shape index (κ3) is 9.05. The van der Waals surface area contributed by atoms with Crippen LogP contribution in [0.25, 0.3) is 111 Å². The maximum Gasteiger partial charge on any atom is 0.418 e. The largest absolute Gasteiger partial charge is 0.418 e. The van der Waals surface area contributed by atoms with Crippen molar-refractivity contribution >= 4 is 43.6 Å². The quantitative estimate of drug-likeness (QED) is 0.140. The first-order chi connectivity index (χ1) is 41.5. The lowest BCUT2D eigenvalue weighted by Gasteiger charge is -2.20. The van der Waals surface area contributed by atoms with E-state index in [1.807, 2.05) is 24.3 Å². The van der Waals surface area contributed by atoms with Crippen LogP contribution in [0.2, 0.25) is 0 Å². The molecule has 402 valence electrons. The average Bonchev–Trinajstić information content (AvgIpc) is 1.74. The van der Waals surface area contributed by atoms with E-state index in [1.165, 1.54) is 81.9 Å². The lowest BCUT2D eigenvalue weighted by atomic mass is 9.96. The fraction of sp³-hybridized carbons (Fsp3) is 0.0286. The number of halogens is 6. The number of aromatic nitrogens is 2. The van der Waals surface area contributed by atoms with E-state index < -0.39 is 34.9 Å². The second kappa shape index (κ2) is 20.7. The van der Waals surface area contributed by atoms with Crippen LogP contribution in [0.1, 0.15) is 55.6 Å². The zero-order valence-corrected chi connectivity index (χ0v) is 44.1. The van der Waals surface area contributed by atoms with Crippen LogP contribution in [0, 0.1) is 90.6 Å². The summed E-state index contributed by atoms with van der Waals surface area (Å²) in [6.45, 7) is 0. The Balaban J connectivity index is 1.15. The van der Waals surface area contributed by atoms with E-state index in [2.05, 4.69) is 24.3 Å². The molecule has 0 spiro atoms. The Morgan fingerprint density at radius 2 is 0.500 bits per heavy atom. The molecule has 16 heteroatoms. The molecule has 0 fully saturated rings. The monoisotopic (exact) mass is 1120 g/mol. The fourth-order valence-corrected chi connectivity index (χ4v) is 11.3. The van der Waals surface area contributed by atoms with Crippen molar-refractivity contribution in [3.8, 4) is 116 Å². The molecule has 2 aromatic heterocycles. The van der Waals surface area contributed by atoms with Crippen molar-refractivity contribution in [3.05, 3.63) is 238 Å². The predicted octanol–water partition coefficient (Wildman–Crippen LogP) is 17.2. The van der Waals surface area contributed by atoms with Gasteiger partial charge in [0.1, 0.15) is 0 Å². The number of rotatable bonds is 7. The summed E-state index contributed by atoms with van der Waals surface area (Å²) in [4.78, 5) is 0. The van der Waals surface area contributed by atoms with Gasteiger partial charge in [0.05, 0.1) is 138 Å². The van der Waals surface area contributed by atoms with Crippen molar-refractivity contribution < 1.29 is 26.3 Å². The minimum absolute atomic E-state index is 0.0534. The maximum atomic E-state index is 15.9. The number of alkyl halides is 6. The first kappa shape index (κ1) is 53.9. The zero-order valence-electron chi connectivity index (χ0n) is 44.1. The number of nitrogens with zero attached hydrogens (tertiary/aromatic N) is 10. The van der Waals surface area contributed by atoms with Crippen molar-refractivity contribution in [2.45, 2.75) is 12.4 Å². The molecule has 10 nitrogen and oxygen atoms in total. The molecule has 0 amide bonds. The van der Waals surface area contributed by atoms with Crippen molar-refractivity contribution in [1.82, 2.24) is 9.13 Å². The number of nitriles is 8. The molecule has 12 aromatic rings. The molecular formula is C70H30F6N10. The van der Waals surface area contributed by atoms with E-state index >= 15 is 26.3 Å². The number of hydrogen-bond donors (Lipinski definition) is 0. The third-order valence-corrected chi connectivity index (χ3v) is 15.3. The molecule has 0 atom stereocenters. The fourth-order valence-electron chi connectivity index (χ4n) is 11.3. The van der Waals surface area contributed by atoms with Crippen LogP contribution in [0.3, 0.4) is 0 Å². The number of fused-ring (bicyclic) bond motifs is 6. The highest BCUT2D eigenvalue weighted by Crippen LogP contribution is 2.46. The van der Waals surface area contributed by atoms with Crippen LogP contribution >= 0.6 is 0 Å². The molecule has 12 rings (SSSR count). The maximum absolute atomic E-state index is 15.9. The van der Waals surface area contributed by atoms with E-state index in [-0.39, 0.29) is 77.7 Å². The molecule has 0 aliphatic carbocycles. The Bertz CT molecular complexity index is 4740. The average molecular weight is 1130 g/mol. The van der Waals surface area contributed by atoms with Gasteiger partial charge in [-0.25, -0.2) is 0 Å². The van der Waals surface area contributed by atoms with Gasteiger partial charge in [0.15, 0.2) is 0 Å². The summed E-state index contributed by atoms with van der Waals surface area (Å²) in [6.07, 6.45) is -10.1.